The van der Waals surface area contributed by atoms with Crippen molar-refractivity contribution in [3.63, 3.8) is 0 Å². The molecule has 2 N–H and O–H groups in total. The van der Waals surface area contributed by atoms with Crippen LogP contribution < -0.4 is 5.73 Å². The van der Waals surface area contributed by atoms with Crippen LogP contribution in [0.15, 0.2) is 18.2 Å². The topological polar surface area (TPSA) is 52.3 Å². The first-order valence-electron chi connectivity index (χ1n) is 4.82. The molecule has 1 unspecified atom stereocenters. The largest absolute Gasteiger partial charge is 0.469 e. The van der Waals surface area contributed by atoms with Crippen molar-refractivity contribution in [2.45, 2.75) is 18.9 Å². The Labute approximate surface area is 98.3 Å². The second kappa shape index (κ2) is 5.82. The van der Waals surface area contributed by atoms with Crippen molar-refractivity contribution in [2.75, 3.05) is 7.11 Å². The minimum atomic E-state index is -0.604. The summed E-state index contributed by atoms with van der Waals surface area (Å²) in [4.78, 5) is 10.9. The Morgan fingerprint density at radius 2 is 2.31 bits per heavy atom. The molecule has 0 aromatic heterocycles. The standard InChI is InChI=1S/C11H13ClFNO2/c1-16-10(15)6-5-9(14)11-7(12)3-2-4-8(11)13/h2-4,9H,5-6,14H2,1H3. The molecule has 0 aliphatic heterocycles. The van der Waals surface area contributed by atoms with Crippen LogP contribution in [0.5, 0.6) is 0 Å². The molecular weight excluding hydrogens is 233 g/mol. The first-order chi connectivity index (χ1) is 7.56. The van der Waals surface area contributed by atoms with E-state index in [-0.39, 0.29) is 23.0 Å². The summed E-state index contributed by atoms with van der Waals surface area (Å²) in [7, 11) is 1.30. The highest BCUT2D eigenvalue weighted by Gasteiger charge is 2.16. The maximum absolute atomic E-state index is 13.4. The van der Waals surface area contributed by atoms with E-state index in [0.29, 0.717) is 6.42 Å². The fourth-order valence-corrected chi connectivity index (χ4v) is 1.69. The van der Waals surface area contributed by atoms with Gasteiger partial charge in [0.25, 0.3) is 0 Å². The van der Waals surface area contributed by atoms with Gasteiger partial charge in [-0.1, -0.05) is 17.7 Å². The number of halogens is 2. The number of carbonyl (C=O) groups excluding carboxylic acids is 1. The van der Waals surface area contributed by atoms with E-state index in [4.69, 9.17) is 17.3 Å². The van der Waals surface area contributed by atoms with Crippen LogP contribution in [0.4, 0.5) is 4.39 Å². The molecule has 1 aromatic carbocycles. The molecule has 0 fully saturated rings. The van der Waals surface area contributed by atoms with E-state index in [2.05, 4.69) is 4.74 Å². The van der Waals surface area contributed by atoms with Gasteiger partial charge in [0, 0.05) is 23.0 Å². The SMILES string of the molecule is COC(=O)CCC(N)c1c(F)cccc1Cl. The molecule has 3 nitrogen and oxygen atoms in total. The Hall–Kier alpha value is -1.13. The van der Waals surface area contributed by atoms with Crippen LogP contribution >= 0.6 is 11.6 Å². The number of methoxy groups -OCH3 is 1. The molecule has 0 aliphatic rings. The van der Waals surface area contributed by atoms with E-state index in [9.17, 15) is 9.18 Å². The molecule has 0 saturated heterocycles. The monoisotopic (exact) mass is 245 g/mol. The molecule has 0 amide bonds. The van der Waals surface area contributed by atoms with Gasteiger partial charge in [-0.25, -0.2) is 4.39 Å². The van der Waals surface area contributed by atoms with Crippen molar-refractivity contribution in [3.05, 3.63) is 34.6 Å². The number of benzene rings is 1. The highest BCUT2D eigenvalue weighted by molar-refractivity contribution is 6.31. The van der Waals surface area contributed by atoms with Crippen LogP contribution in [-0.4, -0.2) is 13.1 Å². The summed E-state index contributed by atoms with van der Waals surface area (Å²) in [6.45, 7) is 0. The highest BCUT2D eigenvalue weighted by Crippen LogP contribution is 2.26. The lowest BCUT2D eigenvalue weighted by atomic mass is 10.0. The number of rotatable bonds is 4. The van der Waals surface area contributed by atoms with Gasteiger partial charge in [-0.3, -0.25) is 4.79 Å². The van der Waals surface area contributed by atoms with Crippen LogP contribution in [0, 0.1) is 5.82 Å². The zero-order chi connectivity index (χ0) is 12.1. The van der Waals surface area contributed by atoms with Gasteiger partial charge in [0.15, 0.2) is 0 Å². The number of hydrogen-bond donors (Lipinski definition) is 1. The predicted octanol–water partition coefficient (Wildman–Crippen LogP) is 2.43. The van der Waals surface area contributed by atoms with Crippen LogP contribution in [0.2, 0.25) is 5.02 Å². The van der Waals surface area contributed by atoms with E-state index in [1.165, 1.54) is 19.2 Å². The lowest BCUT2D eigenvalue weighted by molar-refractivity contribution is -0.140. The molecule has 16 heavy (non-hydrogen) atoms. The van der Waals surface area contributed by atoms with Crippen molar-refractivity contribution >= 4 is 17.6 Å². The predicted molar refractivity (Wildman–Crippen MR) is 59.6 cm³/mol. The van der Waals surface area contributed by atoms with E-state index in [0.717, 1.165) is 0 Å². The quantitative estimate of drug-likeness (QED) is 0.829. The van der Waals surface area contributed by atoms with Crippen molar-refractivity contribution in [2.24, 2.45) is 5.73 Å². The molecule has 1 atom stereocenters. The minimum absolute atomic E-state index is 0.141. The maximum Gasteiger partial charge on any atom is 0.305 e. The first kappa shape index (κ1) is 12.9. The summed E-state index contributed by atoms with van der Waals surface area (Å²) in [6, 6.07) is 3.76. The second-order valence-corrected chi connectivity index (χ2v) is 3.76. The van der Waals surface area contributed by atoms with Gasteiger partial charge in [-0.15, -0.1) is 0 Å². The van der Waals surface area contributed by atoms with Crippen LogP contribution in [0.1, 0.15) is 24.4 Å². The van der Waals surface area contributed by atoms with Crippen molar-refractivity contribution in [3.8, 4) is 0 Å². The summed E-state index contributed by atoms with van der Waals surface area (Å²) in [5.41, 5.74) is 6.01. The summed E-state index contributed by atoms with van der Waals surface area (Å²) in [5, 5.41) is 0.275. The van der Waals surface area contributed by atoms with Gasteiger partial charge in [0.1, 0.15) is 5.82 Å². The van der Waals surface area contributed by atoms with Crippen LogP contribution in [0.3, 0.4) is 0 Å². The van der Waals surface area contributed by atoms with E-state index < -0.39 is 11.9 Å². The van der Waals surface area contributed by atoms with Gasteiger partial charge in [-0.2, -0.15) is 0 Å². The maximum atomic E-state index is 13.4. The number of ether oxygens (including phenoxy) is 1. The fourth-order valence-electron chi connectivity index (χ4n) is 1.38. The number of hydrogen-bond acceptors (Lipinski definition) is 3. The molecule has 0 radical (unpaired) electrons. The van der Waals surface area contributed by atoms with Gasteiger partial charge in [-0.05, 0) is 18.6 Å². The number of nitrogens with two attached hydrogens (primary N) is 1. The number of carbonyl (C=O) groups is 1. The molecule has 5 heteroatoms. The molecule has 0 spiro atoms. The van der Waals surface area contributed by atoms with Crippen LogP contribution in [0.25, 0.3) is 0 Å². The molecule has 88 valence electrons. The second-order valence-electron chi connectivity index (χ2n) is 3.36. The molecule has 0 heterocycles. The Kier molecular flexibility index (Phi) is 4.71. The van der Waals surface area contributed by atoms with Gasteiger partial charge >= 0.3 is 5.97 Å². The smallest absolute Gasteiger partial charge is 0.305 e. The Bertz CT molecular complexity index is 364. The van der Waals surface area contributed by atoms with Crippen molar-refractivity contribution < 1.29 is 13.9 Å². The van der Waals surface area contributed by atoms with Gasteiger partial charge < -0.3 is 10.5 Å². The van der Waals surface area contributed by atoms with Crippen LogP contribution in [-0.2, 0) is 9.53 Å². The number of esters is 1. The molecule has 0 aliphatic carbocycles. The third-order valence-corrected chi connectivity index (χ3v) is 2.59. The van der Waals surface area contributed by atoms with Gasteiger partial charge in [0.2, 0.25) is 0 Å². The average Bonchev–Trinajstić information content (AvgIpc) is 2.25. The zero-order valence-corrected chi connectivity index (χ0v) is 9.63. The third kappa shape index (κ3) is 3.18. The normalized spacial score (nSPS) is 12.2. The molecule has 1 rings (SSSR count). The molecular formula is C11H13ClFNO2. The van der Waals surface area contributed by atoms with E-state index >= 15 is 0 Å². The average molecular weight is 246 g/mol. The molecule has 0 saturated carbocycles. The highest BCUT2D eigenvalue weighted by atomic mass is 35.5. The molecule has 0 bridgehead atoms. The minimum Gasteiger partial charge on any atom is -0.469 e. The van der Waals surface area contributed by atoms with Crippen molar-refractivity contribution in [1.29, 1.82) is 0 Å². The summed E-state index contributed by atoms with van der Waals surface area (Å²) in [5.74, 6) is -0.826. The lowest BCUT2D eigenvalue weighted by Gasteiger charge is -2.13. The van der Waals surface area contributed by atoms with Gasteiger partial charge in [0.05, 0.1) is 7.11 Å². The lowest BCUT2D eigenvalue weighted by Crippen LogP contribution is -2.15. The Morgan fingerprint density at radius 3 is 2.88 bits per heavy atom. The van der Waals surface area contributed by atoms with Crippen molar-refractivity contribution in [1.82, 2.24) is 0 Å². The Morgan fingerprint density at radius 1 is 1.62 bits per heavy atom. The zero-order valence-electron chi connectivity index (χ0n) is 8.87. The Balaban J connectivity index is 2.73. The summed E-state index contributed by atoms with van der Waals surface area (Å²) >= 11 is 5.84. The fraction of sp³-hybridized carbons (Fsp3) is 0.364. The third-order valence-electron chi connectivity index (χ3n) is 2.26. The van der Waals surface area contributed by atoms with E-state index in [1.807, 2.05) is 0 Å². The summed E-state index contributed by atoms with van der Waals surface area (Å²) < 4.78 is 17.9. The summed E-state index contributed by atoms with van der Waals surface area (Å²) in [6.07, 6.45) is 0.440. The first-order valence-corrected chi connectivity index (χ1v) is 5.20. The molecule has 1 aromatic rings. The van der Waals surface area contributed by atoms with E-state index in [1.54, 1.807) is 6.07 Å².